The summed E-state index contributed by atoms with van der Waals surface area (Å²) in [7, 11) is 0. The lowest BCUT2D eigenvalue weighted by molar-refractivity contribution is 0.637. The highest BCUT2D eigenvalue weighted by molar-refractivity contribution is 5.75. The van der Waals surface area contributed by atoms with Gasteiger partial charge in [0.25, 0.3) is 0 Å². The van der Waals surface area contributed by atoms with Crippen molar-refractivity contribution >= 4 is 11.0 Å². The van der Waals surface area contributed by atoms with Gasteiger partial charge >= 0.3 is 0 Å². The topological polar surface area (TPSA) is 54.7 Å². The summed E-state index contributed by atoms with van der Waals surface area (Å²) in [5, 5.41) is 0. The number of nitrogens with one attached hydrogen (secondary N) is 1. The average Bonchev–Trinajstić information content (AvgIpc) is 2.83. The number of hydrogen-bond acceptors (Lipinski definition) is 2. The molecule has 1 aromatic heterocycles. The van der Waals surface area contributed by atoms with E-state index < -0.39 is 0 Å². The van der Waals surface area contributed by atoms with E-state index in [9.17, 15) is 4.39 Å². The lowest BCUT2D eigenvalue weighted by Crippen LogP contribution is -2.02. The van der Waals surface area contributed by atoms with Crippen molar-refractivity contribution in [3.63, 3.8) is 0 Å². The highest BCUT2D eigenvalue weighted by atomic mass is 19.1. The highest BCUT2D eigenvalue weighted by Gasteiger charge is 2.08. The molecule has 2 aromatic carbocycles. The number of nitrogens with two attached hydrogens (primary N) is 1. The predicted octanol–water partition coefficient (Wildman–Crippen LogP) is 2.75. The molecule has 3 aromatic rings. The second kappa shape index (κ2) is 4.82. The van der Waals surface area contributed by atoms with Crippen molar-refractivity contribution in [2.24, 2.45) is 5.73 Å². The van der Waals surface area contributed by atoms with Crippen molar-refractivity contribution in [3.8, 4) is 0 Å². The highest BCUT2D eigenvalue weighted by Crippen LogP contribution is 2.18. The maximum Gasteiger partial charge on any atom is 0.151 e. The number of H-pyrrole nitrogens is 1. The largest absolute Gasteiger partial charge is 0.342 e. The summed E-state index contributed by atoms with van der Waals surface area (Å²) in [6.07, 6.45) is 0.626. The smallest absolute Gasteiger partial charge is 0.151 e. The van der Waals surface area contributed by atoms with Gasteiger partial charge in [-0.1, -0.05) is 30.3 Å². The second-order valence-electron chi connectivity index (χ2n) is 4.47. The predicted molar refractivity (Wildman–Crippen MR) is 73.2 cm³/mol. The van der Waals surface area contributed by atoms with Crippen molar-refractivity contribution < 1.29 is 4.39 Å². The van der Waals surface area contributed by atoms with Gasteiger partial charge in [-0.05, 0) is 23.3 Å². The van der Waals surface area contributed by atoms with Crippen LogP contribution in [0.2, 0.25) is 0 Å². The molecule has 0 radical (unpaired) electrons. The van der Waals surface area contributed by atoms with E-state index in [4.69, 9.17) is 5.73 Å². The number of halogens is 1. The minimum Gasteiger partial charge on any atom is -0.342 e. The molecule has 0 unspecified atom stereocenters. The van der Waals surface area contributed by atoms with Crippen LogP contribution in [0.1, 0.15) is 17.0 Å². The van der Waals surface area contributed by atoms with E-state index in [-0.39, 0.29) is 5.82 Å². The van der Waals surface area contributed by atoms with Crippen LogP contribution in [-0.4, -0.2) is 9.97 Å². The fourth-order valence-corrected chi connectivity index (χ4v) is 2.24. The fourth-order valence-electron chi connectivity index (χ4n) is 2.24. The van der Waals surface area contributed by atoms with Crippen molar-refractivity contribution in [3.05, 3.63) is 65.2 Å². The number of rotatable bonds is 3. The average molecular weight is 255 g/mol. The van der Waals surface area contributed by atoms with Crippen LogP contribution in [0.3, 0.4) is 0 Å². The first kappa shape index (κ1) is 11.9. The first-order valence-corrected chi connectivity index (χ1v) is 6.18. The van der Waals surface area contributed by atoms with Crippen LogP contribution in [0.25, 0.3) is 11.0 Å². The molecule has 3 N–H and O–H groups in total. The molecule has 0 aliphatic rings. The number of fused-ring (bicyclic) bond motifs is 1. The van der Waals surface area contributed by atoms with Crippen molar-refractivity contribution in [2.45, 2.75) is 13.0 Å². The first-order valence-electron chi connectivity index (χ1n) is 6.18. The Balaban J connectivity index is 1.99. The van der Waals surface area contributed by atoms with Crippen LogP contribution < -0.4 is 5.73 Å². The van der Waals surface area contributed by atoms with Gasteiger partial charge < -0.3 is 10.7 Å². The summed E-state index contributed by atoms with van der Waals surface area (Å²) in [6, 6.07) is 12.9. The van der Waals surface area contributed by atoms with Crippen LogP contribution in [-0.2, 0) is 13.0 Å². The number of aromatic nitrogens is 2. The zero-order chi connectivity index (χ0) is 13.2. The van der Waals surface area contributed by atoms with E-state index in [1.165, 1.54) is 6.07 Å². The summed E-state index contributed by atoms with van der Waals surface area (Å²) in [5.74, 6) is 0.452. The molecule has 0 aliphatic heterocycles. The van der Waals surface area contributed by atoms with E-state index >= 15 is 0 Å². The van der Waals surface area contributed by atoms with Gasteiger partial charge in [0.15, 0.2) is 5.82 Å². The van der Waals surface area contributed by atoms with E-state index in [1.807, 2.05) is 30.3 Å². The number of imidazole rings is 1. The van der Waals surface area contributed by atoms with Crippen LogP contribution in [0.15, 0.2) is 42.5 Å². The van der Waals surface area contributed by atoms with Gasteiger partial charge in [-0.25, -0.2) is 9.37 Å². The third-order valence-electron chi connectivity index (χ3n) is 3.21. The molecule has 1 heterocycles. The van der Waals surface area contributed by atoms with Crippen molar-refractivity contribution in [1.29, 1.82) is 0 Å². The Hall–Kier alpha value is -2.20. The van der Waals surface area contributed by atoms with E-state index in [1.54, 1.807) is 6.07 Å². The molecule has 96 valence electrons. The molecule has 0 saturated carbocycles. The Morgan fingerprint density at radius 3 is 2.58 bits per heavy atom. The molecule has 0 aliphatic carbocycles. The summed E-state index contributed by atoms with van der Waals surface area (Å²) in [6.45, 7) is 0.491. The molecule has 0 saturated heterocycles. The molecular formula is C15H14FN3. The van der Waals surface area contributed by atoms with Crippen molar-refractivity contribution in [2.75, 3.05) is 0 Å². The monoisotopic (exact) mass is 255 g/mol. The Morgan fingerprint density at radius 1 is 1.05 bits per heavy atom. The van der Waals surface area contributed by atoms with Gasteiger partial charge in [-0.3, -0.25) is 0 Å². The summed E-state index contributed by atoms with van der Waals surface area (Å²) in [4.78, 5) is 7.46. The number of aromatic amines is 1. The Kier molecular flexibility index (Phi) is 3.01. The minimum absolute atomic E-state index is 0.299. The zero-order valence-electron chi connectivity index (χ0n) is 10.4. The molecule has 19 heavy (non-hydrogen) atoms. The Labute approximate surface area is 110 Å². The maximum absolute atomic E-state index is 13.6. The second-order valence-corrected chi connectivity index (χ2v) is 4.47. The van der Waals surface area contributed by atoms with Gasteiger partial charge in [0.05, 0.1) is 5.52 Å². The third kappa shape index (κ3) is 2.22. The summed E-state index contributed by atoms with van der Waals surface area (Å²) in [5.41, 5.74) is 9.03. The van der Waals surface area contributed by atoms with Crippen LogP contribution >= 0.6 is 0 Å². The quantitative estimate of drug-likeness (QED) is 0.756. The van der Waals surface area contributed by atoms with E-state index in [2.05, 4.69) is 9.97 Å². The van der Waals surface area contributed by atoms with Gasteiger partial charge in [0.2, 0.25) is 0 Å². The third-order valence-corrected chi connectivity index (χ3v) is 3.21. The SMILES string of the molecule is NCc1ccccc1Cc1nc2c(F)cccc2[nH]1. The minimum atomic E-state index is -0.299. The molecule has 0 bridgehead atoms. The molecule has 0 spiro atoms. The van der Waals surface area contributed by atoms with Gasteiger partial charge in [-0.2, -0.15) is 0 Å². The summed E-state index contributed by atoms with van der Waals surface area (Å²) < 4.78 is 13.6. The Morgan fingerprint density at radius 2 is 1.84 bits per heavy atom. The van der Waals surface area contributed by atoms with Crippen LogP contribution in [0, 0.1) is 5.82 Å². The van der Waals surface area contributed by atoms with E-state index in [0.717, 1.165) is 22.5 Å². The van der Waals surface area contributed by atoms with E-state index in [0.29, 0.717) is 18.5 Å². The molecule has 3 rings (SSSR count). The molecule has 0 amide bonds. The molecular weight excluding hydrogens is 241 g/mol. The lowest BCUT2D eigenvalue weighted by Gasteiger charge is -2.05. The van der Waals surface area contributed by atoms with Crippen molar-refractivity contribution in [1.82, 2.24) is 9.97 Å². The maximum atomic E-state index is 13.6. The Bertz CT molecular complexity index is 718. The number of nitrogens with zero attached hydrogens (tertiary/aromatic N) is 1. The molecule has 3 nitrogen and oxygen atoms in total. The van der Waals surface area contributed by atoms with Crippen LogP contribution in [0.4, 0.5) is 4.39 Å². The lowest BCUT2D eigenvalue weighted by atomic mass is 10.0. The number of hydrogen-bond donors (Lipinski definition) is 2. The normalized spacial score (nSPS) is 11.1. The molecule has 4 heteroatoms. The number of para-hydroxylation sites is 1. The van der Waals surface area contributed by atoms with Crippen LogP contribution in [0.5, 0.6) is 0 Å². The molecule has 0 atom stereocenters. The summed E-state index contributed by atoms with van der Waals surface area (Å²) >= 11 is 0. The van der Waals surface area contributed by atoms with Gasteiger partial charge in [-0.15, -0.1) is 0 Å². The number of benzene rings is 2. The fraction of sp³-hybridized carbons (Fsp3) is 0.133. The zero-order valence-corrected chi connectivity index (χ0v) is 10.4. The first-order chi connectivity index (χ1) is 9.28. The molecule has 0 fully saturated rings. The standard InChI is InChI=1S/C15H14FN3/c16-12-6-3-7-13-15(12)19-14(18-13)8-10-4-1-2-5-11(10)9-17/h1-7H,8-9,17H2,(H,18,19). The van der Waals surface area contributed by atoms with Gasteiger partial charge in [0.1, 0.15) is 11.3 Å². The van der Waals surface area contributed by atoms with Gasteiger partial charge in [0, 0.05) is 13.0 Å².